The molecular formula is C29H46N6O9. The summed E-state index contributed by atoms with van der Waals surface area (Å²) < 4.78 is 12.4. The standard InChI is InChI=1S/C29H46N6O9/c1-2-3-4-5-6-7-8-9-10-11-12-13-14-15-20(37)35-21(18-31-33-30)43-25(22(35)28(40)41)26-23(38)24(39)27(44-26)34-17-16-19(36)32-29(34)42/h16-17,21-27,38-39H,2-15,18H2,1H3,(H,40,41)(H,32,36,42)/t21-,22+,23+,24-,25+,26+,27-/m1/s1. The number of unbranched alkanes of at least 4 members (excludes halogenated alkanes) is 12. The van der Waals surface area contributed by atoms with Crippen molar-refractivity contribution in [1.29, 1.82) is 0 Å². The van der Waals surface area contributed by atoms with Crippen molar-refractivity contribution in [2.24, 2.45) is 5.11 Å². The van der Waals surface area contributed by atoms with E-state index in [4.69, 9.17) is 15.0 Å². The number of aromatic nitrogens is 2. The zero-order valence-electron chi connectivity index (χ0n) is 25.3. The molecule has 0 aliphatic carbocycles. The molecule has 246 valence electrons. The number of H-pyrrole nitrogens is 1. The molecule has 15 heteroatoms. The number of amides is 1. The molecule has 1 aromatic heterocycles. The minimum absolute atomic E-state index is 0.0521. The van der Waals surface area contributed by atoms with Crippen LogP contribution in [0, 0.1) is 0 Å². The number of carbonyl (C=O) groups excluding carboxylic acids is 1. The quantitative estimate of drug-likeness (QED) is 0.0770. The van der Waals surface area contributed by atoms with Crippen molar-refractivity contribution in [3.8, 4) is 0 Å². The van der Waals surface area contributed by atoms with Gasteiger partial charge in [0.25, 0.3) is 5.56 Å². The minimum Gasteiger partial charge on any atom is -0.480 e. The van der Waals surface area contributed by atoms with Gasteiger partial charge in [0, 0.05) is 23.6 Å². The first kappa shape index (κ1) is 35.3. The molecule has 1 amide bonds. The summed E-state index contributed by atoms with van der Waals surface area (Å²) in [6, 6.07) is -0.600. The van der Waals surface area contributed by atoms with Gasteiger partial charge in [0.2, 0.25) is 5.91 Å². The van der Waals surface area contributed by atoms with Crippen molar-refractivity contribution in [1.82, 2.24) is 14.5 Å². The van der Waals surface area contributed by atoms with Crippen molar-refractivity contribution >= 4 is 11.9 Å². The van der Waals surface area contributed by atoms with Gasteiger partial charge in [-0.1, -0.05) is 89.1 Å². The molecule has 0 unspecified atom stereocenters. The number of carboxylic acids is 1. The van der Waals surface area contributed by atoms with E-state index in [-0.39, 0.29) is 13.0 Å². The number of aliphatic carboxylic acids is 1. The maximum absolute atomic E-state index is 13.3. The first-order valence-corrected chi connectivity index (χ1v) is 15.7. The predicted molar refractivity (Wildman–Crippen MR) is 159 cm³/mol. The average Bonchev–Trinajstić information content (AvgIpc) is 3.51. The lowest BCUT2D eigenvalue weighted by molar-refractivity contribution is -0.152. The lowest BCUT2D eigenvalue weighted by Gasteiger charge is -2.27. The van der Waals surface area contributed by atoms with Gasteiger partial charge in [-0.15, -0.1) is 0 Å². The van der Waals surface area contributed by atoms with E-state index in [9.17, 15) is 34.5 Å². The van der Waals surface area contributed by atoms with Gasteiger partial charge >= 0.3 is 11.7 Å². The monoisotopic (exact) mass is 622 g/mol. The Labute approximate surface area is 255 Å². The van der Waals surface area contributed by atoms with E-state index in [1.165, 1.54) is 51.4 Å². The largest absolute Gasteiger partial charge is 0.480 e. The molecule has 3 rings (SSSR count). The number of hydrogen-bond acceptors (Lipinski definition) is 9. The molecule has 7 atom stereocenters. The minimum atomic E-state index is -1.71. The Morgan fingerprint density at radius 3 is 2.07 bits per heavy atom. The first-order valence-electron chi connectivity index (χ1n) is 15.7. The number of rotatable bonds is 19. The van der Waals surface area contributed by atoms with Gasteiger partial charge in [0.05, 0.1) is 6.54 Å². The van der Waals surface area contributed by atoms with Crippen molar-refractivity contribution in [2.45, 2.75) is 140 Å². The number of aliphatic hydroxyl groups is 2. The average molecular weight is 623 g/mol. The molecule has 3 heterocycles. The van der Waals surface area contributed by atoms with Crippen LogP contribution in [-0.2, 0) is 19.1 Å². The van der Waals surface area contributed by atoms with Crippen LogP contribution in [0.25, 0.3) is 10.4 Å². The van der Waals surface area contributed by atoms with Crippen LogP contribution in [0.5, 0.6) is 0 Å². The van der Waals surface area contributed by atoms with Crippen LogP contribution in [0.1, 0.15) is 103 Å². The highest BCUT2D eigenvalue weighted by Gasteiger charge is 2.58. The molecule has 0 radical (unpaired) electrons. The summed E-state index contributed by atoms with van der Waals surface area (Å²) >= 11 is 0. The third-order valence-corrected chi connectivity index (χ3v) is 8.30. The summed E-state index contributed by atoms with van der Waals surface area (Å²) in [7, 11) is 0. The van der Waals surface area contributed by atoms with Crippen LogP contribution in [0.15, 0.2) is 27.0 Å². The van der Waals surface area contributed by atoms with E-state index in [0.29, 0.717) is 6.42 Å². The lowest BCUT2D eigenvalue weighted by atomic mass is 9.99. The number of hydrogen-bond donors (Lipinski definition) is 4. The summed E-state index contributed by atoms with van der Waals surface area (Å²) in [6.07, 6.45) is 6.78. The molecule has 2 aliphatic rings. The lowest BCUT2D eigenvalue weighted by Crippen LogP contribution is -2.52. The Hall–Kier alpha value is -3.23. The van der Waals surface area contributed by atoms with E-state index in [1.54, 1.807) is 0 Å². The molecule has 0 saturated carbocycles. The summed E-state index contributed by atoms with van der Waals surface area (Å²) in [6.45, 7) is 1.84. The fraction of sp³-hybridized carbons (Fsp3) is 0.793. The van der Waals surface area contributed by atoms with Crippen LogP contribution in [0.2, 0.25) is 0 Å². The maximum Gasteiger partial charge on any atom is 0.330 e. The first-order chi connectivity index (χ1) is 21.2. The number of ether oxygens (including phenoxy) is 2. The van der Waals surface area contributed by atoms with Crippen LogP contribution < -0.4 is 11.2 Å². The molecule has 0 aromatic carbocycles. The van der Waals surface area contributed by atoms with Gasteiger partial charge in [-0.25, -0.2) is 9.59 Å². The molecule has 0 bridgehead atoms. The zero-order chi connectivity index (χ0) is 32.1. The third-order valence-electron chi connectivity index (χ3n) is 8.30. The molecule has 1 aromatic rings. The van der Waals surface area contributed by atoms with E-state index < -0.39 is 66.0 Å². The van der Waals surface area contributed by atoms with Crippen LogP contribution in [0.3, 0.4) is 0 Å². The second kappa shape index (κ2) is 17.9. The van der Waals surface area contributed by atoms with Gasteiger partial charge < -0.3 is 24.8 Å². The number of carboxylic acid groups (broad SMARTS) is 1. The summed E-state index contributed by atoms with van der Waals surface area (Å²) in [5, 5.41) is 35.0. The van der Waals surface area contributed by atoms with Crippen LogP contribution >= 0.6 is 0 Å². The number of aromatic amines is 1. The second-order valence-electron chi connectivity index (χ2n) is 11.5. The van der Waals surface area contributed by atoms with Gasteiger partial charge in [-0.3, -0.25) is 24.0 Å². The van der Waals surface area contributed by atoms with Gasteiger partial charge in [-0.2, -0.15) is 0 Å². The van der Waals surface area contributed by atoms with E-state index in [0.717, 1.165) is 47.4 Å². The molecule has 2 saturated heterocycles. The van der Waals surface area contributed by atoms with E-state index in [1.807, 2.05) is 4.98 Å². The van der Waals surface area contributed by atoms with Gasteiger partial charge in [0.1, 0.15) is 30.6 Å². The maximum atomic E-state index is 13.3. The highest BCUT2D eigenvalue weighted by molar-refractivity contribution is 5.85. The highest BCUT2D eigenvalue weighted by atomic mass is 16.6. The van der Waals surface area contributed by atoms with E-state index >= 15 is 0 Å². The molecular weight excluding hydrogens is 576 g/mol. The van der Waals surface area contributed by atoms with Gasteiger partial charge in [0.15, 0.2) is 12.3 Å². The molecule has 0 spiro atoms. The summed E-state index contributed by atoms with van der Waals surface area (Å²) in [5.41, 5.74) is 7.26. The fourth-order valence-corrected chi connectivity index (χ4v) is 5.97. The summed E-state index contributed by atoms with van der Waals surface area (Å²) in [5.74, 6) is -1.95. The Bertz CT molecular complexity index is 1230. The zero-order valence-corrected chi connectivity index (χ0v) is 25.3. The van der Waals surface area contributed by atoms with E-state index in [2.05, 4.69) is 16.9 Å². The predicted octanol–water partition coefficient (Wildman–Crippen LogP) is 2.95. The Morgan fingerprint density at radius 1 is 0.932 bits per heavy atom. The molecule has 4 N–H and O–H groups in total. The molecule has 2 fully saturated rings. The van der Waals surface area contributed by atoms with Gasteiger partial charge in [-0.05, 0) is 12.0 Å². The number of nitrogens with zero attached hydrogens (tertiary/aromatic N) is 5. The van der Waals surface area contributed by atoms with Crippen LogP contribution in [-0.4, -0.2) is 84.9 Å². The smallest absolute Gasteiger partial charge is 0.330 e. The summed E-state index contributed by atoms with van der Waals surface area (Å²) in [4.78, 5) is 55.2. The number of aliphatic hydroxyl groups excluding tert-OH is 2. The topological polar surface area (TPSA) is 220 Å². The Kier molecular flexibility index (Phi) is 14.4. The molecule has 15 nitrogen and oxygen atoms in total. The van der Waals surface area contributed by atoms with Crippen molar-refractivity contribution in [3.63, 3.8) is 0 Å². The number of carbonyl (C=O) groups is 2. The number of azide groups is 1. The van der Waals surface area contributed by atoms with Crippen LogP contribution in [0.4, 0.5) is 0 Å². The van der Waals surface area contributed by atoms with Crippen molar-refractivity contribution in [3.05, 3.63) is 43.5 Å². The van der Waals surface area contributed by atoms with Crippen molar-refractivity contribution < 1.29 is 34.4 Å². The third kappa shape index (κ3) is 9.38. The fourth-order valence-electron chi connectivity index (χ4n) is 5.97. The molecule has 44 heavy (non-hydrogen) atoms. The SMILES string of the molecule is CCCCCCCCCCCCCCCC(=O)N1[C@H](C(=O)O)[C@@H]([C@H]2O[C@@H](n3ccc(=O)[nH]c3=O)[C@H](O)[C@@H]2O)O[C@@H]1CN=[N+]=[N-]. The Balaban J connectivity index is 1.57. The van der Waals surface area contributed by atoms with Crippen molar-refractivity contribution in [2.75, 3.05) is 6.54 Å². The highest BCUT2D eigenvalue weighted by Crippen LogP contribution is 2.37. The molecule has 2 aliphatic heterocycles. The number of nitrogens with one attached hydrogen (secondary N) is 1. The Morgan fingerprint density at radius 2 is 1.52 bits per heavy atom. The second-order valence-corrected chi connectivity index (χ2v) is 11.5. The normalized spacial score (nSPS) is 26.5.